The molecule has 1 heterocycles. The number of carbonyl (C=O) groups is 1. The molecule has 5 heteroatoms. The summed E-state index contributed by atoms with van der Waals surface area (Å²) in [7, 11) is 0. The van der Waals surface area contributed by atoms with Gasteiger partial charge >= 0.3 is 0 Å². The topological polar surface area (TPSA) is 39.2 Å². The third kappa shape index (κ3) is 4.08. The second kappa shape index (κ2) is 6.92. The number of hydrogen-bond donors (Lipinski definition) is 0. The minimum absolute atomic E-state index is 0.0177. The standard InChI is InChI=1S/C16H15F2NO2/c1-2-5-21-13-8-12(9-19-10-13)16(20)7-11-3-4-14(17)15(18)6-11/h3-4,6,8-10H,2,5,7H2,1H3. The van der Waals surface area contributed by atoms with E-state index in [1.807, 2.05) is 6.92 Å². The van der Waals surface area contributed by atoms with Crippen LogP contribution in [0, 0.1) is 11.6 Å². The molecule has 0 unspecified atom stereocenters. The van der Waals surface area contributed by atoms with E-state index in [0.717, 1.165) is 18.6 Å². The lowest BCUT2D eigenvalue weighted by Gasteiger charge is -2.06. The number of benzene rings is 1. The van der Waals surface area contributed by atoms with Gasteiger partial charge in [-0.2, -0.15) is 0 Å². The van der Waals surface area contributed by atoms with E-state index in [4.69, 9.17) is 4.74 Å². The highest BCUT2D eigenvalue weighted by Gasteiger charge is 2.11. The number of Topliss-reactive ketones (excluding diaryl/α,β-unsaturated/α-hetero) is 1. The van der Waals surface area contributed by atoms with Crippen molar-refractivity contribution in [3.05, 3.63) is 59.4 Å². The van der Waals surface area contributed by atoms with Gasteiger partial charge in [-0.25, -0.2) is 8.78 Å². The van der Waals surface area contributed by atoms with Gasteiger partial charge in [-0.1, -0.05) is 13.0 Å². The maximum Gasteiger partial charge on any atom is 0.168 e. The van der Waals surface area contributed by atoms with Crippen LogP contribution < -0.4 is 4.74 Å². The summed E-state index contributed by atoms with van der Waals surface area (Å²) in [5.41, 5.74) is 0.798. The predicted molar refractivity (Wildman–Crippen MR) is 74.4 cm³/mol. The number of ketones is 1. The van der Waals surface area contributed by atoms with Crippen molar-refractivity contribution in [1.82, 2.24) is 4.98 Å². The van der Waals surface area contributed by atoms with Crippen molar-refractivity contribution in [3.8, 4) is 5.75 Å². The zero-order valence-electron chi connectivity index (χ0n) is 11.6. The van der Waals surface area contributed by atoms with E-state index in [1.54, 1.807) is 6.07 Å². The molecule has 2 aromatic rings. The van der Waals surface area contributed by atoms with Gasteiger partial charge in [0.25, 0.3) is 0 Å². The quantitative estimate of drug-likeness (QED) is 0.764. The molecule has 3 nitrogen and oxygen atoms in total. The van der Waals surface area contributed by atoms with E-state index >= 15 is 0 Å². The first-order valence-corrected chi connectivity index (χ1v) is 6.65. The van der Waals surface area contributed by atoms with Gasteiger partial charge in [0, 0.05) is 18.2 Å². The minimum atomic E-state index is -0.960. The van der Waals surface area contributed by atoms with E-state index < -0.39 is 11.6 Å². The molecular weight excluding hydrogens is 276 g/mol. The molecule has 110 valence electrons. The molecule has 0 fully saturated rings. The molecule has 0 aliphatic heterocycles. The fourth-order valence-corrected chi connectivity index (χ4v) is 1.81. The fraction of sp³-hybridized carbons (Fsp3) is 0.250. The molecule has 0 aliphatic carbocycles. The average Bonchev–Trinajstić information content (AvgIpc) is 2.49. The normalized spacial score (nSPS) is 10.4. The van der Waals surface area contributed by atoms with Crippen molar-refractivity contribution in [2.45, 2.75) is 19.8 Å². The Morgan fingerprint density at radius 2 is 2.00 bits per heavy atom. The van der Waals surface area contributed by atoms with Crippen LogP contribution in [0.2, 0.25) is 0 Å². The molecule has 0 radical (unpaired) electrons. The van der Waals surface area contributed by atoms with E-state index in [2.05, 4.69) is 4.98 Å². The Morgan fingerprint density at radius 3 is 2.71 bits per heavy atom. The third-order valence-electron chi connectivity index (χ3n) is 2.86. The van der Waals surface area contributed by atoms with Crippen molar-refractivity contribution < 1.29 is 18.3 Å². The molecule has 0 aliphatic rings. The van der Waals surface area contributed by atoms with Crippen LogP contribution in [0.5, 0.6) is 5.75 Å². The second-order valence-corrected chi connectivity index (χ2v) is 4.61. The molecule has 0 amide bonds. The smallest absolute Gasteiger partial charge is 0.168 e. The highest BCUT2D eigenvalue weighted by Crippen LogP contribution is 2.15. The maximum atomic E-state index is 13.1. The van der Waals surface area contributed by atoms with Gasteiger partial charge in [-0.3, -0.25) is 9.78 Å². The Kier molecular flexibility index (Phi) is 4.98. The number of halogens is 2. The highest BCUT2D eigenvalue weighted by atomic mass is 19.2. The van der Waals surface area contributed by atoms with Gasteiger partial charge in [0.15, 0.2) is 17.4 Å². The van der Waals surface area contributed by atoms with Gasteiger partial charge in [0.2, 0.25) is 0 Å². The Hall–Kier alpha value is -2.30. The molecule has 0 spiro atoms. The summed E-state index contributed by atoms with van der Waals surface area (Å²) in [4.78, 5) is 16.1. The van der Waals surface area contributed by atoms with Crippen molar-refractivity contribution in [1.29, 1.82) is 0 Å². The van der Waals surface area contributed by atoms with Gasteiger partial charge < -0.3 is 4.74 Å². The molecule has 0 saturated carbocycles. The van der Waals surface area contributed by atoms with Gasteiger partial charge in [0.05, 0.1) is 12.8 Å². The molecule has 1 aromatic heterocycles. The van der Waals surface area contributed by atoms with Crippen LogP contribution in [0.15, 0.2) is 36.7 Å². The van der Waals surface area contributed by atoms with Crippen LogP contribution in [0.25, 0.3) is 0 Å². The van der Waals surface area contributed by atoms with Crippen molar-refractivity contribution in [3.63, 3.8) is 0 Å². The molecule has 1 aromatic carbocycles. The van der Waals surface area contributed by atoms with Crippen LogP contribution in [-0.2, 0) is 6.42 Å². The first kappa shape index (κ1) is 15.1. The van der Waals surface area contributed by atoms with E-state index in [-0.39, 0.29) is 12.2 Å². The monoisotopic (exact) mass is 291 g/mol. The Balaban J connectivity index is 2.10. The Morgan fingerprint density at radius 1 is 1.19 bits per heavy atom. The lowest BCUT2D eigenvalue weighted by atomic mass is 10.0. The molecule has 0 atom stereocenters. The third-order valence-corrected chi connectivity index (χ3v) is 2.86. The number of pyridine rings is 1. The predicted octanol–water partition coefficient (Wildman–Crippen LogP) is 3.57. The summed E-state index contributed by atoms with van der Waals surface area (Å²) < 4.78 is 31.4. The summed E-state index contributed by atoms with van der Waals surface area (Å²) in [5.74, 6) is -1.59. The summed E-state index contributed by atoms with van der Waals surface area (Å²) in [6.07, 6.45) is 3.80. The number of rotatable bonds is 6. The van der Waals surface area contributed by atoms with Crippen LogP contribution in [0.3, 0.4) is 0 Å². The van der Waals surface area contributed by atoms with E-state index in [0.29, 0.717) is 23.5 Å². The molecular formula is C16H15F2NO2. The average molecular weight is 291 g/mol. The van der Waals surface area contributed by atoms with Crippen LogP contribution >= 0.6 is 0 Å². The molecule has 0 N–H and O–H groups in total. The molecule has 0 saturated heterocycles. The SMILES string of the molecule is CCCOc1cncc(C(=O)Cc2ccc(F)c(F)c2)c1. The zero-order chi connectivity index (χ0) is 15.2. The van der Waals surface area contributed by atoms with Crippen LogP contribution in [0.1, 0.15) is 29.3 Å². The Bertz CT molecular complexity index is 644. The molecule has 2 rings (SSSR count). The number of aromatic nitrogens is 1. The first-order valence-electron chi connectivity index (χ1n) is 6.65. The van der Waals surface area contributed by atoms with Crippen LogP contribution in [0.4, 0.5) is 8.78 Å². The van der Waals surface area contributed by atoms with Crippen molar-refractivity contribution in [2.24, 2.45) is 0 Å². The van der Waals surface area contributed by atoms with Crippen molar-refractivity contribution in [2.75, 3.05) is 6.61 Å². The lowest BCUT2D eigenvalue weighted by Crippen LogP contribution is -2.06. The number of hydrogen-bond acceptors (Lipinski definition) is 3. The summed E-state index contributed by atoms with van der Waals surface area (Å²) in [6.45, 7) is 2.52. The number of carbonyl (C=O) groups excluding carboxylic acids is 1. The minimum Gasteiger partial charge on any atom is -0.492 e. The maximum absolute atomic E-state index is 13.1. The van der Waals surface area contributed by atoms with E-state index in [1.165, 1.54) is 18.5 Å². The highest BCUT2D eigenvalue weighted by molar-refractivity contribution is 5.97. The van der Waals surface area contributed by atoms with Gasteiger partial charge in [-0.15, -0.1) is 0 Å². The largest absolute Gasteiger partial charge is 0.492 e. The van der Waals surface area contributed by atoms with Gasteiger partial charge in [-0.05, 0) is 30.2 Å². The Labute approximate surface area is 121 Å². The first-order chi connectivity index (χ1) is 10.1. The van der Waals surface area contributed by atoms with Crippen molar-refractivity contribution >= 4 is 5.78 Å². The number of ether oxygens (including phenoxy) is 1. The summed E-state index contributed by atoms with van der Waals surface area (Å²) in [5, 5.41) is 0. The van der Waals surface area contributed by atoms with Gasteiger partial charge in [0.1, 0.15) is 5.75 Å². The van der Waals surface area contributed by atoms with Crippen LogP contribution in [-0.4, -0.2) is 17.4 Å². The zero-order valence-corrected chi connectivity index (χ0v) is 11.6. The fourth-order valence-electron chi connectivity index (χ4n) is 1.81. The number of nitrogens with zero attached hydrogens (tertiary/aromatic N) is 1. The second-order valence-electron chi connectivity index (χ2n) is 4.61. The molecule has 0 bridgehead atoms. The van der Waals surface area contributed by atoms with E-state index in [9.17, 15) is 13.6 Å². The lowest BCUT2D eigenvalue weighted by molar-refractivity contribution is 0.0992. The molecule has 21 heavy (non-hydrogen) atoms. The summed E-state index contributed by atoms with van der Waals surface area (Å²) in [6, 6.07) is 5.03. The summed E-state index contributed by atoms with van der Waals surface area (Å²) >= 11 is 0.